The van der Waals surface area contributed by atoms with Crippen molar-refractivity contribution >= 4 is 39.3 Å². The number of benzene rings is 2. The summed E-state index contributed by atoms with van der Waals surface area (Å²) in [6.45, 7) is 4.03. The van der Waals surface area contributed by atoms with E-state index in [-0.39, 0.29) is 5.91 Å². The van der Waals surface area contributed by atoms with E-state index in [0.717, 1.165) is 20.6 Å². The number of nitrogens with one attached hydrogen (secondary N) is 1. The normalized spacial score (nSPS) is 10.3. The minimum atomic E-state index is 0.0148. The number of anilines is 1. The first-order chi connectivity index (χ1) is 9.54. The Bertz CT molecular complexity index is 610. The molecule has 20 heavy (non-hydrogen) atoms. The zero-order valence-corrected chi connectivity index (χ0v) is 13.8. The van der Waals surface area contributed by atoms with Crippen LogP contribution in [0.3, 0.4) is 0 Å². The Labute approximate surface area is 132 Å². The molecule has 0 aliphatic carbocycles. The molecule has 0 unspecified atom stereocenters. The number of carbonyl (C=O) groups is 1. The fraction of sp³-hybridized carbons (Fsp3) is 0.188. The molecule has 2 aromatic carbocycles. The van der Waals surface area contributed by atoms with Crippen LogP contribution in [0.4, 0.5) is 5.69 Å². The topological polar surface area (TPSA) is 29.1 Å². The SMILES string of the molecule is Cc1ccc(SCC(=O)Nc2ccc(Br)cc2C)cc1. The molecule has 4 heteroatoms. The van der Waals surface area contributed by atoms with Gasteiger partial charge in [-0.25, -0.2) is 0 Å². The van der Waals surface area contributed by atoms with E-state index in [4.69, 9.17) is 0 Å². The number of rotatable bonds is 4. The molecule has 1 amide bonds. The lowest BCUT2D eigenvalue weighted by atomic mass is 10.2. The maximum absolute atomic E-state index is 11.9. The van der Waals surface area contributed by atoms with E-state index in [0.29, 0.717) is 5.75 Å². The van der Waals surface area contributed by atoms with Crippen LogP contribution in [-0.2, 0) is 4.79 Å². The second-order valence-corrected chi connectivity index (χ2v) is 6.57. The molecule has 0 bridgehead atoms. The molecular weight excluding hydrogens is 334 g/mol. The van der Waals surface area contributed by atoms with Crippen molar-refractivity contribution in [2.45, 2.75) is 18.7 Å². The van der Waals surface area contributed by atoms with Crippen molar-refractivity contribution in [1.82, 2.24) is 0 Å². The number of carbonyl (C=O) groups excluding carboxylic acids is 1. The molecule has 0 saturated carbocycles. The predicted octanol–water partition coefficient (Wildman–Crippen LogP) is 4.80. The lowest BCUT2D eigenvalue weighted by Gasteiger charge is -2.08. The van der Waals surface area contributed by atoms with Gasteiger partial charge in [0.05, 0.1) is 5.75 Å². The maximum Gasteiger partial charge on any atom is 0.234 e. The molecule has 2 rings (SSSR count). The second kappa shape index (κ2) is 6.95. The van der Waals surface area contributed by atoms with Crippen molar-refractivity contribution in [2.75, 3.05) is 11.1 Å². The molecule has 2 nitrogen and oxygen atoms in total. The van der Waals surface area contributed by atoms with E-state index in [2.05, 4.69) is 40.3 Å². The zero-order valence-electron chi connectivity index (χ0n) is 11.4. The zero-order chi connectivity index (χ0) is 14.5. The van der Waals surface area contributed by atoms with Crippen molar-refractivity contribution in [3.05, 3.63) is 58.1 Å². The quantitative estimate of drug-likeness (QED) is 0.803. The Morgan fingerprint density at radius 1 is 1.15 bits per heavy atom. The standard InChI is InChI=1S/C16H16BrNOS/c1-11-3-6-14(7-4-11)20-10-16(19)18-15-8-5-13(17)9-12(15)2/h3-9H,10H2,1-2H3,(H,18,19). The van der Waals surface area contributed by atoms with Gasteiger partial charge in [-0.1, -0.05) is 33.6 Å². The average molecular weight is 350 g/mol. The number of amides is 1. The third-order valence-corrected chi connectivity index (χ3v) is 4.36. The summed E-state index contributed by atoms with van der Waals surface area (Å²) in [7, 11) is 0. The van der Waals surface area contributed by atoms with Crippen LogP contribution in [0.2, 0.25) is 0 Å². The van der Waals surface area contributed by atoms with E-state index in [9.17, 15) is 4.79 Å². The fourth-order valence-electron chi connectivity index (χ4n) is 1.74. The van der Waals surface area contributed by atoms with Crippen LogP contribution in [0.5, 0.6) is 0 Å². The highest BCUT2D eigenvalue weighted by Gasteiger charge is 2.06. The fourth-order valence-corrected chi connectivity index (χ4v) is 2.91. The van der Waals surface area contributed by atoms with E-state index in [1.54, 1.807) is 11.8 Å². The van der Waals surface area contributed by atoms with Crippen molar-refractivity contribution in [2.24, 2.45) is 0 Å². The Morgan fingerprint density at radius 3 is 2.50 bits per heavy atom. The third-order valence-electron chi connectivity index (χ3n) is 2.85. The number of aryl methyl sites for hydroxylation is 2. The van der Waals surface area contributed by atoms with E-state index in [1.165, 1.54) is 5.56 Å². The Kier molecular flexibility index (Phi) is 5.26. The van der Waals surface area contributed by atoms with Crippen LogP contribution in [-0.4, -0.2) is 11.7 Å². The Morgan fingerprint density at radius 2 is 1.85 bits per heavy atom. The Balaban J connectivity index is 1.90. The molecule has 0 aromatic heterocycles. The first-order valence-electron chi connectivity index (χ1n) is 6.30. The summed E-state index contributed by atoms with van der Waals surface area (Å²) < 4.78 is 1.02. The van der Waals surface area contributed by atoms with Crippen LogP contribution >= 0.6 is 27.7 Å². The van der Waals surface area contributed by atoms with Crippen molar-refractivity contribution in [1.29, 1.82) is 0 Å². The van der Waals surface area contributed by atoms with Crippen LogP contribution in [0.15, 0.2) is 51.8 Å². The van der Waals surface area contributed by atoms with E-state index in [1.807, 2.05) is 37.3 Å². The maximum atomic E-state index is 11.9. The first-order valence-corrected chi connectivity index (χ1v) is 8.08. The summed E-state index contributed by atoms with van der Waals surface area (Å²) >= 11 is 4.96. The number of hydrogen-bond acceptors (Lipinski definition) is 2. The molecule has 0 radical (unpaired) electrons. The van der Waals surface area contributed by atoms with E-state index < -0.39 is 0 Å². The first kappa shape index (κ1) is 15.1. The van der Waals surface area contributed by atoms with Gasteiger partial charge in [0.25, 0.3) is 0 Å². The molecule has 2 aromatic rings. The number of thioether (sulfide) groups is 1. The summed E-state index contributed by atoms with van der Waals surface area (Å²) in [4.78, 5) is 13.1. The van der Waals surface area contributed by atoms with Gasteiger partial charge in [0.2, 0.25) is 5.91 Å². The summed E-state index contributed by atoms with van der Waals surface area (Å²) in [5, 5.41) is 2.94. The van der Waals surface area contributed by atoms with Crippen LogP contribution in [0.25, 0.3) is 0 Å². The van der Waals surface area contributed by atoms with Gasteiger partial charge in [-0.3, -0.25) is 4.79 Å². The van der Waals surface area contributed by atoms with Gasteiger partial charge in [0, 0.05) is 15.1 Å². The highest BCUT2D eigenvalue weighted by atomic mass is 79.9. The van der Waals surface area contributed by atoms with Crippen molar-refractivity contribution < 1.29 is 4.79 Å². The van der Waals surface area contributed by atoms with Gasteiger partial charge >= 0.3 is 0 Å². The van der Waals surface area contributed by atoms with Crippen LogP contribution in [0.1, 0.15) is 11.1 Å². The smallest absolute Gasteiger partial charge is 0.234 e. The molecule has 104 valence electrons. The monoisotopic (exact) mass is 349 g/mol. The van der Waals surface area contributed by atoms with Gasteiger partial charge in [-0.15, -0.1) is 11.8 Å². The number of hydrogen-bond donors (Lipinski definition) is 1. The average Bonchev–Trinajstić information content (AvgIpc) is 2.41. The summed E-state index contributed by atoms with van der Waals surface area (Å²) in [6.07, 6.45) is 0. The number of halogens is 1. The minimum absolute atomic E-state index is 0.0148. The van der Waals surface area contributed by atoms with Gasteiger partial charge < -0.3 is 5.32 Å². The molecule has 0 atom stereocenters. The molecular formula is C16H16BrNOS. The Hall–Kier alpha value is -1.26. The molecule has 0 aliphatic heterocycles. The molecule has 0 saturated heterocycles. The van der Waals surface area contributed by atoms with Gasteiger partial charge in [0.15, 0.2) is 0 Å². The van der Waals surface area contributed by atoms with Crippen molar-refractivity contribution in [3.8, 4) is 0 Å². The van der Waals surface area contributed by atoms with Gasteiger partial charge in [-0.05, 0) is 49.7 Å². The van der Waals surface area contributed by atoms with Crippen LogP contribution in [0, 0.1) is 13.8 Å². The minimum Gasteiger partial charge on any atom is -0.325 e. The third kappa shape index (κ3) is 4.39. The molecule has 0 heterocycles. The molecule has 0 spiro atoms. The largest absolute Gasteiger partial charge is 0.325 e. The van der Waals surface area contributed by atoms with Gasteiger partial charge in [-0.2, -0.15) is 0 Å². The van der Waals surface area contributed by atoms with Crippen molar-refractivity contribution in [3.63, 3.8) is 0 Å². The van der Waals surface area contributed by atoms with E-state index >= 15 is 0 Å². The summed E-state index contributed by atoms with van der Waals surface area (Å²) in [5.41, 5.74) is 3.14. The summed E-state index contributed by atoms with van der Waals surface area (Å²) in [5.74, 6) is 0.430. The predicted molar refractivity (Wildman–Crippen MR) is 89.4 cm³/mol. The molecule has 0 fully saturated rings. The molecule has 0 aliphatic rings. The highest BCUT2D eigenvalue weighted by molar-refractivity contribution is 9.10. The highest BCUT2D eigenvalue weighted by Crippen LogP contribution is 2.22. The lowest BCUT2D eigenvalue weighted by Crippen LogP contribution is -2.14. The second-order valence-electron chi connectivity index (χ2n) is 4.61. The van der Waals surface area contributed by atoms with Crippen LogP contribution < -0.4 is 5.32 Å². The van der Waals surface area contributed by atoms with Gasteiger partial charge in [0.1, 0.15) is 0 Å². The summed E-state index contributed by atoms with van der Waals surface area (Å²) in [6, 6.07) is 14.0. The lowest BCUT2D eigenvalue weighted by molar-refractivity contribution is -0.113. The molecule has 1 N–H and O–H groups in total.